The summed E-state index contributed by atoms with van der Waals surface area (Å²) < 4.78 is 14.2. The third-order valence-corrected chi connectivity index (χ3v) is 7.46. The molecule has 52 heavy (non-hydrogen) atoms. The van der Waals surface area contributed by atoms with Crippen LogP contribution >= 0.6 is 0 Å². The molecule has 2 N–H and O–H groups in total. The molecule has 2 aliphatic rings. The lowest BCUT2D eigenvalue weighted by atomic mass is 10.2. The van der Waals surface area contributed by atoms with Gasteiger partial charge < -0.3 is 39.5 Å². The minimum Gasteiger partial charge on any atom is -0.466 e. The number of likely N-dealkylation sites (N-methyl/N-ethyl adjacent to an activating group) is 6. The molecule has 0 aromatic carbocycles. The highest BCUT2D eigenvalue weighted by Gasteiger charge is 2.38. The molecule has 2 aliphatic heterocycles. The minimum atomic E-state index is -0.542. The molecule has 0 aromatic rings. The zero-order valence-electron chi connectivity index (χ0n) is 33.4. The van der Waals surface area contributed by atoms with Crippen molar-refractivity contribution in [2.45, 2.75) is 101 Å². The van der Waals surface area contributed by atoms with Gasteiger partial charge in [0, 0.05) is 41.8 Å². The Bertz CT molecular complexity index is 1070. The monoisotopic (exact) mass is 749 g/mol. The fourth-order valence-corrected chi connectivity index (χ4v) is 3.71. The Labute approximate surface area is 310 Å². The molecular formula is C34H67N7O11. The molecule has 0 radical (unpaired) electrons. The third-order valence-electron chi connectivity index (χ3n) is 7.46. The first-order chi connectivity index (χ1) is 23.6. The van der Waals surface area contributed by atoms with Crippen LogP contribution in [0.15, 0.2) is 0 Å². The lowest BCUT2D eigenvalue weighted by Gasteiger charge is -2.25. The van der Waals surface area contributed by atoms with E-state index in [-0.39, 0.29) is 79.3 Å². The summed E-state index contributed by atoms with van der Waals surface area (Å²) in [5, 5.41) is 5.25. The summed E-state index contributed by atoms with van der Waals surface area (Å²) in [6.45, 7) is 19.3. The highest BCUT2D eigenvalue weighted by Crippen LogP contribution is 2.12. The van der Waals surface area contributed by atoms with Crippen LogP contribution in [0.3, 0.4) is 0 Å². The molecule has 4 atom stereocenters. The van der Waals surface area contributed by atoms with Gasteiger partial charge in [0.1, 0.15) is 24.2 Å². The van der Waals surface area contributed by atoms with Crippen molar-refractivity contribution >= 4 is 47.8 Å². The van der Waals surface area contributed by atoms with E-state index in [4.69, 9.17) is 9.47 Å². The van der Waals surface area contributed by atoms with Crippen LogP contribution in [0.2, 0.25) is 0 Å². The Balaban J connectivity index is -0.000000279. The maximum Gasteiger partial charge on any atom is 0.328 e. The van der Waals surface area contributed by atoms with Crippen LogP contribution in [-0.4, -0.2) is 165 Å². The molecule has 0 bridgehead atoms. The lowest BCUT2D eigenvalue weighted by molar-refractivity contribution is -0.148. The van der Waals surface area contributed by atoms with Crippen LogP contribution in [0.25, 0.3) is 0 Å². The van der Waals surface area contributed by atoms with Gasteiger partial charge in [0.2, 0.25) is 0 Å². The van der Waals surface area contributed by atoms with Crippen LogP contribution in [0.1, 0.15) is 76.7 Å². The minimum absolute atomic E-state index is 0. The van der Waals surface area contributed by atoms with Gasteiger partial charge in [-0.3, -0.25) is 29.0 Å². The van der Waals surface area contributed by atoms with Crippen LogP contribution in [0.5, 0.6) is 0 Å². The smallest absolute Gasteiger partial charge is 0.328 e. The van der Waals surface area contributed by atoms with Crippen molar-refractivity contribution in [2.24, 2.45) is 5.92 Å². The standard InChI is InChI=1S/C9H18N2O3.2C6H10N2O2.C6H13NO2.C6H12O2.CH4/c1-5-11(9(13)10-4)7(3)8(12)14-6-2;2*1-4-5(9)8(3)6(10)7(4)2;1-4-9-6(8)5(2)7-3;1-4-8-6(7)5(2)3;/h7H,5-6H2,1-4H3,(H,10,13);2*4H,1-3H3;5,7H,4H2,1-3H3;5H,4H2,1-3H3;1H4/t7-;4-;;5-;;/m00.0../s1. The van der Waals surface area contributed by atoms with E-state index >= 15 is 0 Å². The Morgan fingerprint density at radius 1 is 0.673 bits per heavy atom. The number of hydrogen-bond acceptors (Lipinski definition) is 12. The van der Waals surface area contributed by atoms with E-state index in [2.05, 4.69) is 15.4 Å². The van der Waals surface area contributed by atoms with Gasteiger partial charge in [-0.1, -0.05) is 21.3 Å². The van der Waals surface area contributed by atoms with E-state index in [9.17, 15) is 38.4 Å². The van der Waals surface area contributed by atoms with Gasteiger partial charge in [0.25, 0.3) is 11.8 Å². The van der Waals surface area contributed by atoms with Crippen molar-refractivity contribution in [1.29, 1.82) is 0 Å². The van der Waals surface area contributed by atoms with Crippen molar-refractivity contribution in [3.63, 3.8) is 0 Å². The number of carbonyl (C=O) groups is 8. The molecule has 0 aromatic heterocycles. The molecule has 2 rings (SSSR count). The lowest BCUT2D eigenvalue weighted by Crippen LogP contribution is -2.47. The number of esters is 3. The van der Waals surface area contributed by atoms with E-state index in [0.29, 0.717) is 26.4 Å². The first-order valence-corrected chi connectivity index (χ1v) is 16.8. The molecular weight excluding hydrogens is 682 g/mol. The second-order valence-corrected chi connectivity index (χ2v) is 11.4. The van der Waals surface area contributed by atoms with Crippen LogP contribution in [0, 0.1) is 5.92 Å². The molecule has 2 fully saturated rings. The fourth-order valence-electron chi connectivity index (χ4n) is 3.71. The van der Waals surface area contributed by atoms with Gasteiger partial charge in [-0.2, -0.15) is 0 Å². The zero-order valence-corrected chi connectivity index (χ0v) is 33.4. The molecule has 2 heterocycles. The number of carbonyl (C=O) groups excluding carboxylic acids is 8. The molecule has 18 heteroatoms. The number of imide groups is 2. The maximum absolute atomic E-state index is 11.3. The number of amides is 8. The van der Waals surface area contributed by atoms with Gasteiger partial charge in [-0.25, -0.2) is 19.2 Å². The second-order valence-electron chi connectivity index (χ2n) is 11.4. The molecule has 0 spiro atoms. The average Bonchev–Trinajstić information content (AvgIpc) is 3.38. The van der Waals surface area contributed by atoms with E-state index in [1.807, 2.05) is 20.8 Å². The Kier molecular flexibility index (Phi) is 29.4. The topological polar surface area (TPSA) is 205 Å². The third kappa shape index (κ3) is 18.1. The number of hydrogen-bond donors (Lipinski definition) is 2. The first kappa shape index (κ1) is 54.3. The SMILES string of the molecule is C.CC1C(=O)N(C)C(=O)N1C.CCOC(=O)C(C)C.CCOC(=O)[C@H](C)N(CC)C(=O)NC.CCOC(=O)[C@H](C)NC.C[C@H]1C(=O)N(C)C(=O)N1C. The average molecular weight is 750 g/mol. The molecule has 0 saturated carbocycles. The van der Waals surface area contributed by atoms with Gasteiger partial charge in [-0.05, 0) is 62.4 Å². The fraction of sp³-hybridized carbons (Fsp3) is 0.765. The molecule has 2 saturated heterocycles. The van der Waals surface area contributed by atoms with Crippen molar-refractivity contribution in [3.8, 4) is 0 Å². The summed E-state index contributed by atoms with van der Waals surface area (Å²) in [4.78, 5) is 94.2. The first-order valence-electron chi connectivity index (χ1n) is 16.8. The largest absolute Gasteiger partial charge is 0.466 e. The molecule has 8 amide bonds. The van der Waals surface area contributed by atoms with E-state index < -0.39 is 6.04 Å². The van der Waals surface area contributed by atoms with Crippen molar-refractivity contribution in [2.75, 3.05) is 68.7 Å². The maximum atomic E-state index is 11.3. The summed E-state index contributed by atoms with van der Waals surface area (Å²) in [7, 11) is 9.47. The highest BCUT2D eigenvalue weighted by molar-refractivity contribution is 6.04. The Hall–Kier alpha value is -4.48. The quantitative estimate of drug-likeness (QED) is 0.198. The summed E-state index contributed by atoms with van der Waals surface area (Å²) in [5.74, 6) is -0.944. The Morgan fingerprint density at radius 2 is 1.02 bits per heavy atom. The van der Waals surface area contributed by atoms with Gasteiger partial charge in [-0.15, -0.1) is 0 Å². The van der Waals surface area contributed by atoms with Gasteiger partial charge >= 0.3 is 36.0 Å². The molecule has 304 valence electrons. The number of rotatable bonds is 9. The van der Waals surface area contributed by atoms with Crippen LogP contribution in [-0.2, 0) is 38.2 Å². The number of urea groups is 3. The predicted molar refractivity (Wildman–Crippen MR) is 197 cm³/mol. The van der Waals surface area contributed by atoms with Gasteiger partial charge in [0.05, 0.1) is 25.7 Å². The zero-order chi connectivity index (χ0) is 40.8. The van der Waals surface area contributed by atoms with Crippen molar-refractivity contribution in [1.82, 2.24) is 35.1 Å². The normalized spacial score (nSPS) is 17.0. The molecule has 0 aliphatic carbocycles. The summed E-state index contributed by atoms with van der Waals surface area (Å²) in [5.41, 5.74) is 0. The van der Waals surface area contributed by atoms with E-state index in [1.165, 1.54) is 35.8 Å². The summed E-state index contributed by atoms with van der Waals surface area (Å²) in [6, 6.07) is -2.04. The number of nitrogens with zero attached hydrogens (tertiary/aromatic N) is 5. The summed E-state index contributed by atoms with van der Waals surface area (Å²) >= 11 is 0. The molecule has 18 nitrogen and oxygen atoms in total. The Morgan fingerprint density at radius 3 is 1.21 bits per heavy atom. The van der Waals surface area contributed by atoms with Crippen molar-refractivity contribution < 1.29 is 52.6 Å². The van der Waals surface area contributed by atoms with Crippen molar-refractivity contribution in [3.05, 3.63) is 0 Å². The highest BCUT2D eigenvalue weighted by atomic mass is 16.5. The van der Waals surface area contributed by atoms with E-state index in [1.54, 1.807) is 69.6 Å². The summed E-state index contributed by atoms with van der Waals surface area (Å²) in [6.07, 6.45) is 0. The predicted octanol–water partition coefficient (Wildman–Crippen LogP) is 2.40. The van der Waals surface area contributed by atoms with Gasteiger partial charge in [0.15, 0.2) is 0 Å². The number of ether oxygens (including phenoxy) is 3. The van der Waals surface area contributed by atoms with Crippen LogP contribution in [0.4, 0.5) is 14.4 Å². The van der Waals surface area contributed by atoms with Crippen LogP contribution < -0.4 is 10.6 Å². The molecule has 1 unspecified atom stereocenters. The second kappa shape index (κ2) is 28.1. The number of nitrogens with one attached hydrogen (secondary N) is 2. The van der Waals surface area contributed by atoms with E-state index in [0.717, 1.165) is 9.80 Å².